The summed E-state index contributed by atoms with van der Waals surface area (Å²) in [6.07, 6.45) is 0.730. The molecule has 2 N–H and O–H groups in total. The van der Waals surface area contributed by atoms with Gasteiger partial charge in [-0.1, -0.05) is 27.7 Å². The van der Waals surface area contributed by atoms with Gasteiger partial charge >= 0.3 is 0 Å². The van der Waals surface area contributed by atoms with Crippen LogP contribution in [0, 0.1) is 5.92 Å². The number of hydrogen-bond donors (Lipinski definition) is 1. The van der Waals surface area contributed by atoms with Crippen LogP contribution in [-0.2, 0) is 10.0 Å². The SMILES string of the molecule is CCN(CC)S(=O)(=O)c1ccc(C(=O)N(C)CCC(N)C(C)C)cc1.Cl. The first-order valence-corrected chi connectivity index (χ1v) is 10.2. The first kappa shape index (κ1) is 24.8. The van der Waals surface area contributed by atoms with Crippen LogP contribution in [0.1, 0.15) is 44.5 Å². The number of carbonyl (C=O) groups is 1. The highest BCUT2D eigenvalue weighted by Gasteiger charge is 2.22. The summed E-state index contributed by atoms with van der Waals surface area (Å²) >= 11 is 0. The van der Waals surface area contributed by atoms with Gasteiger partial charge in [-0.2, -0.15) is 4.31 Å². The summed E-state index contributed by atoms with van der Waals surface area (Å²) in [5.41, 5.74) is 6.49. The highest BCUT2D eigenvalue weighted by Crippen LogP contribution is 2.17. The van der Waals surface area contributed by atoms with Crippen molar-refractivity contribution in [3.05, 3.63) is 29.8 Å². The number of benzene rings is 1. The Morgan fingerprint density at radius 2 is 1.62 bits per heavy atom. The Hall–Kier alpha value is -1.15. The normalized spacial score (nSPS) is 12.8. The molecule has 0 bridgehead atoms. The van der Waals surface area contributed by atoms with Gasteiger partial charge in [0.05, 0.1) is 4.90 Å². The molecule has 6 nitrogen and oxygen atoms in total. The molecule has 0 aliphatic rings. The summed E-state index contributed by atoms with van der Waals surface area (Å²) in [6, 6.07) is 6.18. The molecule has 0 radical (unpaired) electrons. The monoisotopic (exact) mass is 405 g/mol. The molecule has 1 rings (SSSR count). The van der Waals surface area contributed by atoms with Crippen molar-refractivity contribution in [3.8, 4) is 0 Å². The number of nitrogens with two attached hydrogens (primary N) is 1. The van der Waals surface area contributed by atoms with Crippen molar-refractivity contribution in [2.45, 2.75) is 45.1 Å². The van der Waals surface area contributed by atoms with Crippen LogP contribution >= 0.6 is 12.4 Å². The van der Waals surface area contributed by atoms with Crippen molar-refractivity contribution >= 4 is 28.3 Å². The molecule has 26 heavy (non-hydrogen) atoms. The van der Waals surface area contributed by atoms with Crippen LogP contribution in [0.2, 0.25) is 0 Å². The lowest BCUT2D eigenvalue weighted by molar-refractivity contribution is 0.0789. The Balaban J connectivity index is 0.00000625. The van der Waals surface area contributed by atoms with Gasteiger partial charge in [0.15, 0.2) is 0 Å². The fourth-order valence-corrected chi connectivity index (χ4v) is 3.94. The predicted molar refractivity (Wildman–Crippen MR) is 108 cm³/mol. The van der Waals surface area contributed by atoms with Gasteiger partial charge in [0, 0.05) is 38.3 Å². The average Bonchev–Trinajstić information content (AvgIpc) is 2.59. The molecule has 0 saturated carbocycles. The van der Waals surface area contributed by atoms with Crippen LogP contribution < -0.4 is 5.73 Å². The van der Waals surface area contributed by atoms with Gasteiger partial charge in [-0.25, -0.2) is 8.42 Å². The van der Waals surface area contributed by atoms with Crippen molar-refractivity contribution in [1.29, 1.82) is 0 Å². The van der Waals surface area contributed by atoms with E-state index in [9.17, 15) is 13.2 Å². The summed E-state index contributed by atoms with van der Waals surface area (Å²) in [5, 5.41) is 0. The first-order chi connectivity index (χ1) is 11.6. The average molecular weight is 406 g/mol. The Morgan fingerprint density at radius 1 is 1.12 bits per heavy atom. The number of hydrogen-bond acceptors (Lipinski definition) is 4. The molecule has 0 fully saturated rings. The smallest absolute Gasteiger partial charge is 0.253 e. The minimum atomic E-state index is -3.50. The standard InChI is InChI=1S/C18H31N3O3S.ClH/c1-6-21(7-2)25(23,24)16-10-8-15(9-11-16)18(22)20(5)13-12-17(19)14(3)4;/h8-11,14,17H,6-7,12-13,19H2,1-5H3;1H. The van der Waals surface area contributed by atoms with Gasteiger partial charge in [0.25, 0.3) is 5.91 Å². The second-order valence-electron chi connectivity index (χ2n) is 6.54. The third-order valence-corrected chi connectivity index (χ3v) is 6.51. The van der Waals surface area contributed by atoms with E-state index in [4.69, 9.17) is 5.73 Å². The second kappa shape index (κ2) is 10.9. The molecule has 1 amide bonds. The van der Waals surface area contributed by atoms with Gasteiger partial charge in [-0.15, -0.1) is 12.4 Å². The lowest BCUT2D eigenvalue weighted by atomic mass is 10.0. The molecule has 0 aromatic heterocycles. The second-order valence-corrected chi connectivity index (χ2v) is 8.47. The zero-order valence-electron chi connectivity index (χ0n) is 16.3. The molecule has 1 aromatic rings. The fraction of sp³-hybridized carbons (Fsp3) is 0.611. The van der Waals surface area contributed by atoms with Crippen molar-refractivity contribution in [3.63, 3.8) is 0 Å². The zero-order chi connectivity index (χ0) is 19.2. The van der Waals surface area contributed by atoms with Crippen LogP contribution in [0.5, 0.6) is 0 Å². The molecule has 0 aliphatic carbocycles. The van der Waals surface area contributed by atoms with Crippen LogP contribution in [-0.4, -0.2) is 56.3 Å². The van der Waals surface area contributed by atoms with Crippen LogP contribution in [0.25, 0.3) is 0 Å². The summed E-state index contributed by atoms with van der Waals surface area (Å²) in [5.74, 6) is 0.232. The molecule has 1 atom stereocenters. The number of amides is 1. The summed E-state index contributed by atoms with van der Waals surface area (Å²) in [7, 11) is -1.77. The molecule has 1 aromatic carbocycles. The van der Waals surface area contributed by atoms with E-state index in [1.54, 1.807) is 37.9 Å². The van der Waals surface area contributed by atoms with Gasteiger partial charge in [0.2, 0.25) is 10.0 Å². The maximum atomic E-state index is 12.5. The minimum absolute atomic E-state index is 0. The third-order valence-electron chi connectivity index (χ3n) is 4.45. The van der Waals surface area contributed by atoms with Gasteiger partial charge in [-0.3, -0.25) is 4.79 Å². The quantitative estimate of drug-likeness (QED) is 0.684. The van der Waals surface area contributed by atoms with Crippen LogP contribution in [0.15, 0.2) is 29.2 Å². The highest BCUT2D eigenvalue weighted by atomic mass is 35.5. The Kier molecular flexibility index (Phi) is 10.4. The molecule has 0 heterocycles. The predicted octanol–water partition coefficient (Wildman–Crippen LogP) is 2.58. The summed E-state index contributed by atoms with van der Waals surface area (Å²) in [4.78, 5) is 14.3. The largest absolute Gasteiger partial charge is 0.342 e. The van der Waals surface area contributed by atoms with E-state index in [0.29, 0.717) is 31.1 Å². The number of carbonyl (C=O) groups excluding carboxylic acids is 1. The molecule has 0 saturated heterocycles. The maximum Gasteiger partial charge on any atom is 0.253 e. The van der Waals surface area contributed by atoms with Crippen molar-refractivity contribution in [2.24, 2.45) is 11.7 Å². The Morgan fingerprint density at radius 3 is 2.04 bits per heavy atom. The topological polar surface area (TPSA) is 83.7 Å². The fourth-order valence-electron chi connectivity index (χ4n) is 2.48. The number of sulfonamides is 1. The van der Waals surface area contributed by atoms with E-state index in [2.05, 4.69) is 13.8 Å². The van der Waals surface area contributed by atoms with Gasteiger partial charge in [0.1, 0.15) is 0 Å². The molecule has 0 aliphatic heterocycles. The Labute approximate surface area is 164 Å². The molecular weight excluding hydrogens is 374 g/mol. The highest BCUT2D eigenvalue weighted by molar-refractivity contribution is 7.89. The molecule has 1 unspecified atom stereocenters. The maximum absolute atomic E-state index is 12.5. The van der Waals surface area contributed by atoms with Crippen LogP contribution in [0.3, 0.4) is 0 Å². The van der Waals surface area contributed by atoms with E-state index < -0.39 is 10.0 Å². The molecule has 0 spiro atoms. The van der Waals surface area contributed by atoms with Crippen LogP contribution in [0.4, 0.5) is 0 Å². The summed E-state index contributed by atoms with van der Waals surface area (Å²) < 4.78 is 26.3. The van der Waals surface area contributed by atoms with Gasteiger partial charge < -0.3 is 10.6 Å². The number of rotatable bonds is 9. The lowest BCUT2D eigenvalue weighted by Crippen LogP contribution is -2.34. The molecule has 150 valence electrons. The lowest BCUT2D eigenvalue weighted by Gasteiger charge is -2.22. The van der Waals surface area contributed by atoms with E-state index in [1.807, 2.05) is 0 Å². The van der Waals surface area contributed by atoms with E-state index in [0.717, 1.165) is 6.42 Å². The third kappa shape index (κ3) is 6.23. The Bertz CT molecular complexity index is 659. The first-order valence-electron chi connectivity index (χ1n) is 8.76. The molecular formula is C18H32ClN3O3S. The van der Waals surface area contributed by atoms with Crippen molar-refractivity contribution in [2.75, 3.05) is 26.7 Å². The van der Waals surface area contributed by atoms with E-state index in [1.165, 1.54) is 16.4 Å². The van der Waals surface area contributed by atoms with Crippen molar-refractivity contribution in [1.82, 2.24) is 9.21 Å². The van der Waals surface area contributed by atoms with E-state index in [-0.39, 0.29) is 29.3 Å². The van der Waals surface area contributed by atoms with Crippen molar-refractivity contribution < 1.29 is 13.2 Å². The summed E-state index contributed by atoms with van der Waals surface area (Å²) in [6.45, 7) is 9.11. The minimum Gasteiger partial charge on any atom is -0.342 e. The number of nitrogens with zero attached hydrogens (tertiary/aromatic N) is 2. The van der Waals surface area contributed by atoms with Gasteiger partial charge in [-0.05, 0) is 36.6 Å². The molecule has 8 heteroatoms. The van der Waals surface area contributed by atoms with E-state index >= 15 is 0 Å². The zero-order valence-corrected chi connectivity index (χ0v) is 17.9. The number of halogens is 1.